The summed E-state index contributed by atoms with van der Waals surface area (Å²) in [6.07, 6.45) is 0. The third kappa shape index (κ3) is 2.66. The molecule has 5 heteroatoms. The van der Waals surface area contributed by atoms with Crippen molar-refractivity contribution in [3.05, 3.63) is 11.8 Å². The molecule has 5 nitrogen and oxygen atoms in total. The van der Waals surface area contributed by atoms with Crippen LogP contribution in [0.15, 0.2) is 4.42 Å². The Hall–Kier alpha value is -1.23. The lowest BCUT2D eigenvalue weighted by molar-refractivity contribution is 0.0902. The molecule has 0 fully saturated rings. The van der Waals surface area contributed by atoms with Crippen LogP contribution >= 0.6 is 0 Å². The highest BCUT2D eigenvalue weighted by atomic mass is 16.4. The second kappa shape index (κ2) is 4.33. The van der Waals surface area contributed by atoms with Gasteiger partial charge in [0, 0.05) is 5.41 Å². The molecule has 0 spiro atoms. The molecule has 16 heavy (non-hydrogen) atoms. The maximum Gasteiger partial charge on any atom is 0.285 e. The van der Waals surface area contributed by atoms with Crippen LogP contribution in [0.5, 0.6) is 0 Å². The van der Waals surface area contributed by atoms with E-state index in [-0.39, 0.29) is 23.0 Å². The van der Waals surface area contributed by atoms with Gasteiger partial charge in [0.2, 0.25) is 11.7 Å². The van der Waals surface area contributed by atoms with E-state index in [2.05, 4.69) is 10.2 Å². The first-order valence-corrected chi connectivity index (χ1v) is 5.37. The number of nitrogens with two attached hydrogens (primary N) is 1. The number of aromatic nitrogens is 2. The summed E-state index contributed by atoms with van der Waals surface area (Å²) in [6, 6.07) is -0.590. The minimum atomic E-state index is -0.590. The van der Waals surface area contributed by atoms with Crippen LogP contribution in [0.1, 0.15) is 51.2 Å². The van der Waals surface area contributed by atoms with Crippen molar-refractivity contribution in [3.63, 3.8) is 0 Å². The van der Waals surface area contributed by atoms with Crippen LogP contribution in [0, 0.1) is 5.92 Å². The van der Waals surface area contributed by atoms with E-state index < -0.39 is 6.04 Å². The average molecular weight is 225 g/mol. The van der Waals surface area contributed by atoms with Crippen LogP contribution in [0.25, 0.3) is 0 Å². The molecule has 0 saturated carbocycles. The molecule has 1 rings (SSSR count). The Bertz CT molecular complexity index is 377. The highest BCUT2D eigenvalue weighted by Gasteiger charge is 2.27. The van der Waals surface area contributed by atoms with Crippen molar-refractivity contribution < 1.29 is 9.21 Å². The molecule has 1 unspecified atom stereocenters. The standard InChI is InChI=1S/C11H19N3O2/c1-6(2)7(12)8(15)9-13-14-10(16-9)11(3,4)5/h6-7H,12H2,1-5H3. The van der Waals surface area contributed by atoms with Gasteiger partial charge < -0.3 is 10.2 Å². The van der Waals surface area contributed by atoms with E-state index in [4.69, 9.17) is 10.2 Å². The Balaban J connectivity index is 2.91. The van der Waals surface area contributed by atoms with E-state index in [1.54, 1.807) is 0 Å². The lowest BCUT2D eigenvalue weighted by Crippen LogP contribution is -2.35. The molecule has 1 heterocycles. The summed E-state index contributed by atoms with van der Waals surface area (Å²) in [5, 5.41) is 7.60. The van der Waals surface area contributed by atoms with Gasteiger partial charge in [-0.15, -0.1) is 10.2 Å². The molecule has 1 aromatic rings. The van der Waals surface area contributed by atoms with Gasteiger partial charge in [-0.1, -0.05) is 34.6 Å². The Morgan fingerprint density at radius 1 is 1.31 bits per heavy atom. The molecule has 0 amide bonds. The maximum absolute atomic E-state index is 11.8. The number of ketones is 1. The summed E-state index contributed by atoms with van der Waals surface area (Å²) >= 11 is 0. The monoisotopic (exact) mass is 225 g/mol. The Morgan fingerprint density at radius 3 is 2.25 bits per heavy atom. The van der Waals surface area contributed by atoms with Crippen LogP contribution in [0.2, 0.25) is 0 Å². The number of nitrogens with zero attached hydrogens (tertiary/aromatic N) is 2. The number of rotatable bonds is 3. The normalized spacial score (nSPS) is 14.2. The third-order valence-corrected chi connectivity index (χ3v) is 2.30. The van der Waals surface area contributed by atoms with E-state index in [0.717, 1.165) is 0 Å². The van der Waals surface area contributed by atoms with Crippen molar-refractivity contribution >= 4 is 5.78 Å². The number of carbonyl (C=O) groups excluding carboxylic acids is 1. The smallest absolute Gasteiger partial charge is 0.285 e. The van der Waals surface area contributed by atoms with Crippen molar-refractivity contribution in [2.45, 2.75) is 46.1 Å². The fourth-order valence-electron chi connectivity index (χ4n) is 1.07. The molecule has 0 bridgehead atoms. The summed E-state index contributed by atoms with van der Waals surface area (Å²) < 4.78 is 5.33. The molecule has 90 valence electrons. The first-order valence-electron chi connectivity index (χ1n) is 5.37. The fourth-order valence-corrected chi connectivity index (χ4v) is 1.07. The molecule has 0 saturated heterocycles. The zero-order valence-corrected chi connectivity index (χ0v) is 10.4. The predicted molar refractivity (Wildman–Crippen MR) is 60.1 cm³/mol. The second-order valence-electron chi connectivity index (χ2n) is 5.30. The van der Waals surface area contributed by atoms with Gasteiger partial charge in [0.25, 0.3) is 5.89 Å². The van der Waals surface area contributed by atoms with Gasteiger partial charge in [-0.2, -0.15) is 0 Å². The lowest BCUT2D eigenvalue weighted by atomic mass is 9.97. The fraction of sp³-hybridized carbons (Fsp3) is 0.727. The Labute approximate surface area is 95.4 Å². The third-order valence-electron chi connectivity index (χ3n) is 2.30. The molecule has 2 N–H and O–H groups in total. The molecule has 0 aromatic carbocycles. The largest absolute Gasteiger partial charge is 0.418 e. The van der Waals surface area contributed by atoms with E-state index in [1.807, 2.05) is 34.6 Å². The van der Waals surface area contributed by atoms with E-state index in [9.17, 15) is 4.79 Å². The molecule has 0 aliphatic rings. The van der Waals surface area contributed by atoms with Gasteiger partial charge in [0.15, 0.2) is 0 Å². The molecule has 0 aliphatic heterocycles. The zero-order chi connectivity index (χ0) is 12.5. The molecule has 0 aliphatic carbocycles. The summed E-state index contributed by atoms with van der Waals surface area (Å²) in [5.74, 6) is 0.216. The Kier molecular flexibility index (Phi) is 3.48. The topological polar surface area (TPSA) is 82.0 Å². The molecular formula is C11H19N3O2. The van der Waals surface area contributed by atoms with Gasteiger partial charge in [0.1, 0.15) is 0 Å². The first-order chi connectivity index (χ1) is 7.23. The second-order valence-corrected chi connectivity index (χ2v) is 5.30. The molecule has 1 atom stereocenters. The van der Waals surface area contributed by atoms with Gasteiger partial charge in [0.05, 0.1) is 6.04 Å². The van der Waals surface area contributed by atoms with Gasteiger partial charge >= 0.3 is 0 Å². The van der Waals surface area contributed by atoms with Crippen molar-refractivity contribution in [2.24, 2.45) is 11.7 Å². The SMILES string of the molecule is CC(C)C(N)C(=O)c1nnc(C(C)(C)C)o1. The van der Waals surface area contributed by atoms with E-state index in [1.165, 1.54) is 0 Å². The van der Waals surface area contributed by atoms with Crippen molar-refractivity contribution in [3.8, 4) is 0 Å². The molecular weight excluding hydrogens is 206 g/mol. The average Bonchev–Trinajstić information content (AvgIpc) is 2.63. The summed E-state index contributed by atoms with van der Waals surface area (Å²) in [4.78, 5) is 11.8. The van der Waals surface area contributed by atoms with Crippen molar-refractivity contribution in [1.29, 1.82) is 0 Å². The van der Waals surface area contributed by atoms with Crippen LogP contribution in [-0.4, -0.2) is 22.0 Å². The lowest BCUT2D eigenvalue weighted by Gasteiger charge is -2.12. The van der Waals surface area contributed by atoms with Crippen molar-refractivity contribution in [2.75, 3.05) is 0 Å². The number of Topliss-reactive ketones (excluding diaryl/α,β-unsaturated/α-hetero) is 1. The maximum atomic E-state index is 11.8. The quantitative estimate of drug-likeness (QED) is 0.789. The first kappa shape index (κ1) is 12.8. The summed E-state index contributed by atoms with van der Waals surface area (Å²) in [5.41, 5.74) is 5.48. The predicted octanol–water partition coefficient (Wildman–Crippen LogP) is 1.53. The number of carbonyl (C=O) groups is 1. The van der Waals surface area contributed by atoms with Crippen molar-refractivity contribution in [1.82, 2.24) is 10.2 Å². The molecule has 0 radical (unpaired) electrons. The van der Waals surface area contributed by atoms with Crippen LogP contribution in [0.3, 0.4) is 0 Å². The minimum absolute atomic E-state index is 0.00567. The van der Waals surface area contributed by atoms with Crippen LogP contribution in [0.4, 0.5) is 0 Å². The highest BCUT2D eigenvalue weighted by Crippen LogP contribution is 2.20. The van der Waals surface area contributed by atoms with Crippen LogP contribution in [-0.2, 0) is 5.41 Å². The minimum Gasteiger partial charge on any atom is -0.418 e. The number of hydrogen-bond acceptors (Lipinski definition) is 5. The molecule has 1 aromatic heterocycles. The highest BCUT2D eigenvalue weighted by molar-refractivity contribution is 5.96. The van der Waals surface area contributed by atoms with E-state index in [0.29, 0.717) is 5.89 Å². The van der Waals surface area contributed by atoms with Gasteiger partial charge in [-0.25, -0.2) is 0 Å². The van der Waals surface area contributed by atoms with Gasteiger partial charge in [-0.05, 0) is 5.92 Å². The van der Waals surface area contributed by atoms with E-state index >= 15 is 0 Å². The summed E-state index contributed by atoms with van der Waals surface area (Å²) in [7, 11) is 0. The van der Waals surface area contributed by atoms with Crippen LogP contribution < -0.4 is 5.73 Å². The summed E-state index contributed by atoms with van der Waals surface area (Å²) in [6.45, 7) is 9.58. The Morgan fingerprint density at radius 2 is 1.88 bits per heavy atom. The number of hydrogen-bond donors (Lipinski definition) is 1. The zero-order valence-electron chi connectivity index (χ0n) is 10.4. The van der Waals surface area contributed by atoms with Gasteiger partial charge in [-0.3, -0.25) is 4.79 Å².